The lowest BCUT2D eigenvalue weighted by molar-refractivity contribution is 0.0596. The zero-order chi connectivity index (χ0) is 12.0. The monoisotopic (exact) mass is 228 g/mol. The predicted octanol–water partition coefficient (Wildman–Crippen LogP) is 1.98. The second-order valence-electron chi connectivity index (χ2n) is 4.89. The summed E-state index contributed by atoms with van der Waals surface area (Å²) < 4.78 is 5.27. The molecule has 1 saturated carbocycles. The summed E-state index contributed by atoms with van der Waals surface area (Å²) >= 11 is 0. The number of nitrogens with two attached hydrogens (primary N) is 1. The average molecular weight is 228 g/mol. The molecule has 1 aliphatic rings. The van der Waals surface area contributed by atoms with Crippen LogP contribution in [-0.4, -0.2) is 36.7 Å². The molecule has 0 heterocycles. The van der Waals surface area contributed by atoms with Crippen LogP contribution in [0.25, 0.3) is 0 Å². The first kappa shape index (κ1) is 13.3. The molecule has 1 amide bonds. The fraction of sp³-hybridized carbons (Fsp3) is 0.917. The van der Waals surface area contributed by atoms with Crippen molar-refractivity contribution >= 4 is 6.09 Å². The number of hydrogen-bond acceptors (Lipinski definition) is 3. The Balaban J connectivity index is 2.37. The van der Waals surface area contributed by atoms with Crippen LogP contribution in [0.5, 0.6) is 0 Å². The number of rotatable bonds is 6. The molecule has 0 spiro atoms. The topological polar surface area (TPSA) is 55.6 Å². The van der Waals surface area contributed by atoms with E-state index in [0.717, 1.165) is 25.8 Å². The van der Waals surface area contributed by atoms with E-state index >= 15 is 0 Å². The SMILES string of the molecule is CC(C)COC(=O)N(CCCN)C1CCC1. The van der Waals surface area contributed by atoms with E-state index in [4.69, 9.17) is 10.5 Å². The average Bonchev–Trinajstić information content (AvgIpc) is 2.17. The summed E-state index contributed by atoms with van der Waals surface area (Å²) in [7, 11) is 0. The van der Waals surface area contributed by atoms with Gasteiger partial charge in [-0.3, -0.25) is 0 Å². The standard InChI is InChI=1S/C12H24N2O2/c1-10(2)9-16-12(15)14(8-4-7-13)11-5-3-6-11/h10-11H,3-9,13H2,1-2H3. The lowest BCUT2D eigenvalue weighted by Gasteiger charge is -2.36. The van der Waals surface area contributed by atoms with Gasteiger partial charge in [0.2, 0.25) is 0 Å². The highest BCUT2D eigenvalue weighted by Crippen LogP contribution is 2.25. The Bertz CT molecular complexity index is 215. The van der Waals surface area contributed by atoms with Crippen LogP contribution in [0.3, 0.4) is 0 Å². The Morgan fingerprint density at radius 3 is 2.62 bits per heavy atom. The minimum Gasteiger partial charge on any atom is -0.449 e. The van der Waals surface area contributed by atoms with Crippen LogP contribution in [0.15, 0.2) is 0 Å². The summed E-state index contributed by atoms with van der Waals surface area (Å²) in [5.74, 6) is 0.390. The fourth-order valence-corrected chi connectivity index (χ4v) is 1.70. The first-order valence-corrected chi connectivity index (χ1v) is 6.28. The van der Waals surface area contributed by atoms with Gasteiger partial charge in [-0.05, 0) is 38.1 Å². The Kier molecular flexibility index (Phi) is 5.60. The van der Waals surface area contributed by atoms with E-state index in [1.165, 1.54) is 6.42 Å². The third-order valence-electron chi connectivity index (χ3n) is 2.89. The highest BCUT2D eigenvalue weighted by molar-refractivity contribution is 5.68. The van der Waals surface area contributed by atoms with E-state index in [1.807, 2.05) is 18.7 Å². The molecule has 0 saturated heterocycles. The van der Waals surface area contributed by atoms with Crippen molar-refractivity contribution in [2.24, 2.45) is 11.7 Å². The molecule has 94 valence electrons. The maximum Gasteiger partial charge on any atom is 0.410 e. The van der Waals surface area contributed by atoms with Crippen LogP contribution in [0, 0.1) is 5.92 Å². The molecular formula is C12H24N2O2. The summed E-state index contributed by atoms with van der Waals surface area (Å²) in [5, 5.41) is 0. The van der Waals surface area contributed by atoms with Gasteiger partial charge < -0.3 is 15.4 Å². The van der Waals surface area contributed by atoms with Gasteiger partial charge in [0.25, 0.3) is 0 Å². The summed E-state index contributed by atoms with van der Waals surface area (Å²) in [6, 6.07) is 0.395. The number of carbonyl (C=O) groups is 1. The summed E-state index contributed by atoms with van der Waals surface area (Å²) in [4.78, 5) is 13.7. The number of hydrogen-bond donors (Lipinski definition) is 1. The summed E-state index contributed by atoms with van der Waals surface area (Å²) in [6.45, 7) is 5.95. The minimum atomic E-state index is -0.160. The molecule has 1 rings (SSSR count). The lowest BCUT2D eigenvalue weighted by atomic mass is 9.91. The van der Waals surface area contributed by atoms with Crippen molar-refractivity contribution in [2.75, 3.05) is 19.7 Å². The van der Waals surface area contributed by atoms with Crippen molar-refractivity contribution in [1.29, 1.82) is 0 Å². The summed E-state index contributed by atoms with van der Waals surface area (Å²) in [5.41, 5.74) is 5.48. The van der Waals surface area contributed by atoms with Gasteiger partial charge in [-0.2, -0.15) is 0 Å². The fourth-order valence-electron chi connectivity index (χ4n) is 1.70. The second-order valence-corrected chi connectivity index (χ2v) is 4.89. The van der Waals surface area contributed by atoms with Crippen LogP contribution in [0.2, 0.25) is 0 Å². The maximum atomic E-state index is 11.9. The Morgan fingerprint density at radius 2 is 2.19 bits per heavy atom. The molecule has 4 nitrogen and oxygen atoms in total. The van der Waals surface area contributed by atoms with Crippen molar-refractivity contribution < 1.29 is 9.53 Å². The molecule has 0 aromatic heterocycles. The molecule has 4 heteroatoms. The molecule has 0 unspecified atom stereocenters. The molecule has 1 fully saturated rings. The van der Waals surface area contributed by atoms with Crippen molar-refractivity contribution in [2.45, 2.75) is 45.6 Å². The Morgan fingerprint density at radius 1 is 1.50 bits per heavy atom. The quantitative estimate of drug-likeness (QED) is 0.756. The van der Waals surface area contributed by atoms with Crippen LogP contribution >= 0.6 is 0 Å². The first-order chi connectivity index (χ1) is 7.65. The van der Waals surface area contributed by atoms with E-state index in [2.05, 4.69) is 0 Å². The van der Waals surface area contributed by atoms with Gasteiger partial charge in [0, 0.05) is 12.6 Å². The van der Waals surface area contributed by atoms with Gasteiger partial charge in [0.1, 0.15) is 0 Å². The van der Waals surface area contributed by atoms with E-state index < -0.39 is 0 Å². The van der Waals surface area contributed by atoms with E-state index in [0.29, 0.717) is 25.1 Å². The smallest absolute Gasteiger partial charge is 0.410 e. The molecule has 0 aliphatic heterocycles. The van der Waals surface area contributed by atoms with Crippen LogP contribution in [-0.2, 0) is 4.74 Å². The van der Waals surface area contributed by atoms with Crippen LogP contribution < -0.4 is 5.73 Å². The van der Waals surface area contributed by atoms with Gasteiger partial charge in [-0.1, -0.05) is 13.8 Å². The number of nitrogens with zero attached hydrogens (tertiary/aromatic N) is 1. The van der Waals surface area contributed by atoms with Gasteiger partial charge in [0.05, 0.1) is 6.61 Å². The maximum absolute atomic E-state index is 11.9. The zero-order valence-corrected chi connectivity index (χ0v) is 10.4. The van der Waals surface area contributed by atoms with Crippen molar-refractivity contribution in [3.8, 4) is 0 Å². The largest absolute Gasteiger partial charge is 0.449 e. The van der Waals surface area contributed by atoms with Gasteiger partial charge in [-0.25, -0.2) is 4.79 Å². The molecule has 0 atom stereocenters. The molecule has 0 bridgehead atoms. The van der Waals surface area contributed by atoms with Crippen LogP contribution in [0.4, 0.5) is 4.79 Å². The number of amides is 1. The zero-order valence-electron chi connectivity index (χ0n) is 10.4. The highest BCUT2D eigenvalue weighted by atomic mass is 16.6. The molecule has 1 aliphatic carbocycles. The molecule has 16 heavy (non-hydrogen) atoms. The normalized spacial score (nSPS) is 16.0. The van der Waals surface area contributed by atoms with Gasteiger partial charge in [-0.15, -0.1) is 0 Å². The predicted molar refractivity (Wildman–Crippen MR) is 64.2 cm³/mol. The van der Waals surface area contributed by atoms with Crippen molar-refractivity contribution in [1.82, 2.24) is 4.90 Å². The molecule has 0 radical (unpaired) electrons. The molecular weight excluding hydrogens is 204 g/mol. The summed E-state index contributed by atoms with van der Waals surface area (Å²) in [6.07, 6.45) is 4.14. The molecule has 0 aromatic rings. The van der Waals surface area contributed by atoms with Gasteiger partial charge >= 0.3 is 6.09 Å². The Hall–Kier alpha value is -0.770. The Labute approximate surface area is 98.1 Å². The van der Waals surface area contributed by atoms with E-state index in [9.17, 15) is 4.79 Å². The van der Waals surface area contributed by atoms with Crippen LogP contribution in [0.1, 0.15) is 39.5 Å². The number of carbonyl (C=O) groups excluding carboxylic acids is 1. The highest BCUT2D eigenvalue weighted by Gasteiger charge is 2.29. The lowest BCUT2D eigenvalue weighted by Crippen LogP contribution is -2.45. The third kappa shape index (κ3) is 4.00. The van der Waals surface area contributed by atoms with E-state index in [-0.39, 0.29) is 6.09 Å². The molecule has 2 N–H and O–H groups in total. The number of ether oxygens (including phenoxy) is 1. The van der Waals surface area contributed by atoms with Crippen molar-refractivity contribution in [3.63, 3.8) is 0 Å². The first-order valence-electron chi connectivity index (χ1n) is 6.28. The minimum absolute atomic E-state index is 0.160. The van der Waals surface area contributed by atoms with Crippen molar-refractivity contribution in [3.05, 3.63) is 0 Å². The van der Waals surface area contributed by atoms with E-state index in [1.54, 1.807) is 0 Å². The second kappa shape index (κ2) is 6.74. The third-order valence-corrected chi connectivity index (χ3v) is 2.89. The molecule has 0 aromatic carbocycles. The van der Waals surface area contributed by atoms with Gasteiger partial charge in [0.15, 0.2) is 0 Å².